The minimum Gasteiger partial charge on any atom is -0.497 e. The molecule has 1 aliphatic rings. The second kappa shape index (κ2) is 10.3. The summed E-state index contributed by atoms with van der Waals surface area (Å²) in [5.41, 5.74) is 1.05. The van der Waals surface area contributed by atoms with E-state index in [4.69, 9.17) is 24.4 Å². The first-order valence-electron chi connectivity index (χ1n) is 9.86. The van der Waals surface area contributed by atoms with E-state index in [1.807, 2.05) is 0 Å². The summed E-state index contributed by atoms with van der Waals surface area (Å²) in [5.74, 6) is -2.30. The molecule has 1 amide bonds. The smallest absolute Gasteiger partial charge is 0.326 e. The fourth-order valence-corrected chi connectivity index (χ4v) is 3.05. The molecule has 1 heterocycles. The van der Waals surface area contributed by atoms with Gasteiger partial charge in [-0.1, -0.05) is 12.1 Å². The van der Waals surface area contributed by atoms with Crippen LogP contribution in [0.2, 0.25) is 0 Å². The lowest BCUT2D eigenvalue weighted by Crippen LogP contribution is -2.43. The molecular weight excluding hydrogens is 434 g/mol. The Balaban J connectivity index is 1.62. The first kappa shape index (κ1) is 23.3. The fraction of sp³-hybridized carbons (Fsp3) is 0.217. The highest BCUT2D eigenvalue weighted by Crippen LogP contribution is 2.35. The molecule has 0 aliphatic carbocycles. The van der Waals surface area contributed by atoms with Crippen molar-refractivity contribution in [2.45, 2.75) is 18.9 Å². The Labute approximate surface area is 188 Å². The average molecular weight is 455 g/mol. The number of aliphatic carboxylic acids is 2. The quantitative estimate of drug-likeness (QED) is 0.458. The van der Waals surface area contributed by atoms with Gasteiger partial charge in [0, 0.05) is 12.5 Å². The summed E-state index contributed by atoms with van der Waals surface area (Å²) in [6, 6.07) is 10.2. The lowest BCUT2D eigenvalue weighted by atomic mass is 10.1. The van der Waals surface area contributed by atoms with Gasteiger partial charge in [-0.15, -0.1) is 0 Å². The van der Waals surface area contributed by atoms with E-state index in [2.05, 4.69) is 5.32 Å². The molecule has 0 bridgehead atoms. The van der Waals surface area contributed by atoms with Gasteiger partial charge < -0.3 is 29.7 Å². The summed E-state index contributed by atoms with van der Waals surface area (Å²) in [5, 5.41) is 20.0. The molecule has 2 aromatic rings. The minimum absolute atomic E-state index is 0.121. The summed E-state index contributed by atoms with van der Waals surface area (Å²) >= 11 is 0. The van der Waals surface area contributed by atoms with Crippen molar-refractivity contribution in [1.82, 2.24) is 5.32 Å². The Kier molecular flexibility index (Phi) is 7.29. The minimum atomic E-state index is -1.34. The molecule has 0 saturated carbocycles. The summed E-state index contributed by atoms with van der Waals surface area (Å²) < 4.78 is 16.2. The Bertz CT molecular complexity index is 1120. The molecule has 172 valence electrons. The zero-order chi connectivity index (χ0) is 24.0. The number of carboxylic acid groups (broad SMARTS) is 2. The van der Waals surface area contributed by atoms with Crippen LogP contribution in [0.15, 0.2) is 48.2 Å². The Morgan fingerprint density at radius 3 is 2.61 bits per heavy atom. The van der Waals surface area contributed by atoms with Crippen LogP contribution in [-0.4, -0.2) is 53.6 Å². The first-order chi connectivity index (χ1) is 15.8. The number of hydrogen-bond donors (Lipinski definition) is 3. The summed E-state index contributed by atoms with van der Waals surface area (Å²) in [7, 11) is 1.54. The molecule has 1 atom stereocenters. The normalized spacial score (nSPS) is 14.2. The van der Waals surface area contributed by atoms with Gasteiger partial charge in [0.2, 0.25) is 5.78 Å². The van der Waals surface area contributed by atoms with Crippen LogP contribution in [0, 0.1) is 0 Å². The van der Waals surface area contributed by atoms with E-state index in [0.29, 0.717) is 11.3 Å². The molecule has 10 nitrogen and oxygen atoms in total. The van der Waals surface area contributed by atoms with Crippen molar-refractivity contribution in [2.24, 2.45) is 0 Å². The van der Waals surface area contributed by atoms with Crippen molar-refractivity contribution in [2.75, 3.05) is 13.7 Å². The molecule has 33 heavy (non-hydrogen) atoms. The van der Waals surface area contributed by atoms with Crippen LogP contribution in [0.4, 0.5) is 0 Å². The Hall–Kier alpha value is -4.34. The molecule has 0 unspecified atom stereocenters. The number of Topliss-reactive ketones (excluding diaryl/α,β-unsaturated/α-hetero) is 1. The van der Waals surface area contributed by atoms with Crippen LogP contribution in [0.5, 0.6) is 17.2 Å². The van der Waals surface area contributed by atoms with E-state index >= 15 is 0 Å². The van der Waals surface area contributed by atoms with Gasteiger partial charge in [0.05, 0.1) is 12.7 Å². The highest BCUT2D eigenvalue weighted by atomic mass is 16.5. The molecule has 2 aromatic carbocycles. The predicted molar refractivity (Wildman–Crippen MR) is 114 cm³/mol. The van der Waals surface area contributed by atoms with Crippen molar-refractivity contribution >= 4 is 29.7 Å². The van der Waals surface area contributed by atoms with Crippen LogP contribution in [0.3, 0.4) is 0 Å². The number of hydrogen-bond acceptors (Lipinski definition) is 7. The number of ether oxygens (including phenoxy) is 3. The first-order valence-corrected chi connectivity index (χ1v) is 9.86. The number of methoxy groups -OCH3 is 1. The molecule has 0 spiro atoms. The van der Waals surface area contributed by atoms with Gasteiger partial charge in [-0.2, -0.15) is 0 Å². The topological polar surface area (TPSA) is 148 Å². The number of allylic oxidation sites excluding steroid dienone is 1. The van der Waals surface area contributed by atoms with E-state index < -0.39 is 36.9 Å². The molecule has 1 aliphatic heterocycles. The highest BCUT2D eigenvalue weighted by Gasteiger charge is 2.28. The number of benzene rings is 2. The largest absolute Gasteiger partial charge is 0.497 e. The Morgan fingerprint density at radius 2 is 1.91 bits per heavy atom. The number of nitrogens with one attached hydrogen (secondary N) is 1. The summed E-state index contributed by atoms with van der Waals surface area (Å²) in [6.45, 7) is -0.504. The van der Waals surface area contributed by atoms with Gasteiger partial charge >= 0.3 is 11.9 Å². The van der Waals surface area contributed by atoms with E-state index in [1.165, 1.54) is 18.2 Å². The van der Waals surface area contributed by atoms with E-state index in [9.17, 15) is 19.2 Å². The predicted octanol–water partition coefficient (Wildman–Crippen LogP) is 2.12. The van der Waals surface area contributed by atoms with Crippen molar-refractivity contribution in [1.29, 1.82) is 0 Å². The second-order valence-electron chi connectivity index (χ2n) is 7.05. The molecule has 0 saturated heterocycles. The van der Waals surface area contributed by atoms with Gasteiger partial charge in [0.15, 0.2) is 12.4 Å². The third-order valence-corrected chi connectivity index (χ3v) is 4.68. The van der Waals surface area contributed by atoms with Gasteiger partial charge in [-0.25, -0.2) is 4.79 Å². The maximum atomic E-state index is 12.6. The van der Waals surface area contributed by atoms with Crippen LogP contribution >= 0.6 is 0 Å². The SMILES string of the molecule is COc1cccc(C=C2Oc3cc(OCC(=O)N[C@@H](CCC(=O)O)C(=O)O)ccc3C2=O)c1. The molecule has 0 fully saturated rings. The monoisotopic (exact) mass is 455 g/mol. The zero-order valence-electron chi connectivity index (χ0n) is 17.6. The molecular formula is C23H21NO9. The summed E-state index contributed by atoms with van der Waals surface area (Å²) in [4.78, 5) is 46.4. The third kappa shape index (κ3) is 6.10. The Morgan fingerprint density at radius 1 is 1.12 bits per heavy atom. The van der Waals surface area contributed by atoms with Crippen molar-refractivity contribution in [3.05, 3.63) is 59.4 Å². The molecule has 3 rings (SSSR count). The summed E-state index contributed by atoms with van der Waals surface area (Å²) in [6.07, 6.45) is 0.926. The van der Waals surface area contributed by atoms with Gasteiger partial charge in [0.25, 0.3) is 5.91 Å². The average Bonchev–Trinajstić information content (AvgIpc) is 3.09. The van der Waals surface area contributed by atoms with Gasteiger partial charge in [-0.05, 0) is 42.3 Å². The third-order valence-electron chi connectivity index (χ3n) is 4.68. The van der Waals surface area contributed by atoms with E-state index in [0.717, 1.165) is 5.56 Å². The number of carboxylic acids is 2. The second-order valence-corrected chi connectivity index (χ2v) is 7.05. The molecule has 10 heteroatoms. The van der Waals surface area contributed by atoms with E-state index in [-0.39, 0.29) is 29.5 Å². The van der Waals surface area contributed by atoms with E-state index in [1.54, 1.807) is 37.5 Å². The highest BCUT2D eigenvalue weighted by molar-refractivity contribution is 6.14. The van der Waals surface area contributed by atoms with Gasteiger partial charge in [0.1, 0.15) is 23.3 Å². The number of carbonyl (C=O) groups is 4. The number of carbonyl (C=O) groups excluding carboxylic acids is 2. The zero-order valence-corrected chi connectivity index (χ0v) is 17.6. The number of ketones is 1. The lowest BCUT2D eigenvalue weighted by Gasteiger charge is -2.14. The van der Waals surface area contributed by atoms with Crippen molar-refractivity contribution in [3.8, 4) is 17.2 Å². The van der Waals surface area contributed by atoms with Crippen LogP contribution in [0.25, 0.3) is 6.08 Å². The van der Waals surface area contributed by atoms with Crippen LogP contribution in [0.1, 0.15) is 28.8 Å². The molecule has 3 N–H and O–H groups in total. The number of fused-ring (bicyclic) bond motifs is 1. The van der Waals surface area contributed by atoms with Crippen molar-refractivity contribution < 1.29 is 43.6 Å². The van der Waals surface area contributed by atoms with Crippen LogP contribution < -0.4 is 19.5 Å². The fourth-order valence-electron chi connectivity index (χ4n) is 3.05. The standard InChI is InChI=1S/C23H21NO9/c1-31-14-4-2-3-13(9-14)10-19-22(28)16-6-5-15(11-18(16)33-19)32-12-20(25)24-17(23(29)30)7-8-21(26)27/h2-6,9-11,17H,7-8,12H2,1H3,(H,24,25)(H,26,27)(H,29,30)/t17-/m0/s1. The van der Waals surface area contributed by atoms with Crippen LogP contribution in [-0.2, 0) is 14.4 Å². The van der Waals surface area contributed by atoms with Crippen molar-refractivity contribution in [3.63, 3.8) is 0 Å². The number of rotatable bonds is 10. The lowest BCUT2D eigenvalue weighted by molar-refractivity contribution is -0.143. The maximum Gasteiger partial charge on any atom is 0.326 e. The maximum absolute atomic E-state index is 12.6. The molecule has 0 radical (unpaired) electrons. The molecule has 0 aromatic heterocycles. The number of amides is 1. The van der Waals surface area contributed by atoms with Gasteiger partial charge in [-0.3, -0.25) is 14.4 Å².